The van der Waals surface area contributed by atoms with E-state index in [4.69, 9.17) is 4.74 Å². The topological polar surface area (TPSA) is 83.8 Å². The van der Waals surface area contributed by atoms with E-state index in [1.165, 1.54) is 6.26 Å². The summed E-state index contributed by atoms with van der Waals surface area (Å²) in [5.74, 6) is 0.719. The number of sulfone groups is 1. The quantitative estimate of drug-likeness (QED) is 0.679. The van der Waals surface area contributed by atoms with Gasteiger partial charge in [0.1, 0.15) is 5.75 Å². The molecule has 0 aliphatic heterocycles. The molecule has 1 aliphatic carbocycles. The number of benzene rings is 2. The molecular formula is C21H23BrO5S. The molecule has 28 heavy (non-hydrogen) atoms. The minimum atomic E-state index is -3.27. The molecule has 0 fully saturated rings. The first-order chi connectivity index (χ1) is 13.2. The van der Waals surface area contributed by atoms with Gasteiger partial charge in [0.15, 0.2) is 9.84 Å². The number of aliphatic hydroxyl groups excluding tert-OH is 2. The highest BCUT2D eigenvalue weighted by molar-refractivity contribution is 9.10. The Morgan fingerprint density at radius 2 is 1.54 bits per heavy atom. The third-order valence-corrected chi connectivity index (χ3v) is 7.02. The number of aliphatic hydroxyl groups is 2. The van der Waals surface area contributed by atoms with Crippen LogP contribution in [0.2, 0.25) is 0 Å². The first-order valence-corrected chi connectivity index (χ1v) is 11.5. The van der Waals surface area contributed by atoms with Gasteiger partial charge in [0.2, 0.25) is 0 Å². The van der Waals surface area contributed by atoms with Crippen molar-refractivity contribution in [1.82, 2.24) is 0 Å². The van der Waals surface area contributed by atoms with Crippen LogP contribution in [0.15, 0.2) is 51.8 Å². The third-order valence-electron chi connectivity index (χ3n) is 5.27. The van der Waals surface area contributed by atoms with Crippen LogP contribution in [0, 0.1) is 5.41 Å². The molecule has 0 saturated heterocycles. The number of ether oxygens (including phenoxy) is 1. The summed E-state index contributed by atoms with van der Waals surface area (Å²) in [5, 5.41) is 19.9. The van der Waals surface area contributed by atoms with Gasteiger partial charge in [-0.1, -0.05) is 18.2 Å². The van der Waals surface area contributed by atoms with E-state index in [1.54, 1.807) is 31.4 Å². The Morgan fingerprint density at radius 3 is 2.00 bits per heavy atom. The van der Waals surface area contributed by atoms with Crippen LogP contribution >= 0.6 is 15.9 Å². The van der Waals surface area contributed by atoms with Crippen molar-refractivity contribution < 1.29 is 23.4 Å². The fourth-order valence-corrected chi connectivity index (χ4v) is 4.78. The lowest BCUT2D eigenvalue weighted by Crippen LogP contribution is -2.27. The van der Waals surface area contributed by atoms with Gasteiger partial charge in [-0.3, -0.25) is 0 Å². The first kappa shape index (κ1) is 21.0. The molecule has 0 heterocycles. The second kappa shape index (κ2) is 7.99. The molecule has 0 spiro atoms. The molecule has 0 aromatic heterocycles. The maximum Gasteiger partial charge on any atom is 0.175 e. The maximum absolute atomic E-state index is 11.7. The minimum Gasteiger partial charge on any atom is -0.496 e. The second-order valence-corrected chi connectivity index (χ2v) is 10.1. The number of hydrogen-bond acceptors (Lipinski definition) is 5. The van der Waals surface area contributed by atoms with Crippen molar-refractivity contribution in [3.63, 3.8) is 0 Å². The summed E-state index contributed by atoms with van der Waals surface area (Å²) in [5.41, 5.74) is 3.25. The Labute approximate surface area is 173 Å². The van der Waals surface area contributed by atoms with Crippen LogP contribution < -0.4 is 4.74 Å². The summed E-state index contributed by atoms with van der Waals surface area (Å²) in [6.45, 7) is -0.259. The number of methoxy groups -OCH3 is 1. The van der Waals surface area contributed by atoms with Gasteiger partial charge in [0.25, 0.3) is 0 Å². The van der Waals surface area contributed by atoms with Gasteiger partial charge < -0.3 is 14.9 Å². The molecule has 3 rings (SSSR count). The van der Waals surface area contributed by atoms with E-state index in [0.29, 0.717) is 12.8 Å². The van der Waals surface area contributed by atoms with Gasteiger partial charge in [-0.2, -0.15) is 0 Å². The summed E-state index contributed by atoms with van der Waals surface area (Å²) in [4.78, 5) is 0.263. The molecular weight excluding hydrogens is 444 g/mol. The Bertz CT molecular complexity index is 1010. The molecule has 0 saturated carbocycles. The average Bonchev–Trinajstić information content (AvgIpc) is 3.08. The molecule has 2 aromatic carbocycles. The monoisotopic (exact) mass is 466 g/mol. The maximum atomic E-state index is 11.7. The van der Waals surface area contributed by atoms with Crippen LogP contribution in [0.4, 0.5) is 0 Å². The molecule has 0 amide bonds. The second-order valence-electron chi connectivity index (χ2n) is 7.27. The van der Waals surface area contributed by atoms with Crippen LogP contribution in [-0.4, -0.2) is 45.2 Å². The predicted molar refractivity (Wildman–Crippen MR) is 113 cm³/mol. The zero-order chi connectivity index (χ0) is 20.5. The smallest absolute Gasteiger partial charge is 0.175 e. The Hall–Kier alpha value is -1.67. The van der Waals surface area contributed by atoms with E-state index >= 15 is 0 Å². The lowest BCUT2D eigenvalue weighted by atomic mass is 9.84. The predicted octanol–water partition coefficient (Wildman–Crippen LogP) is 3.54. The molecule has 7 heteroatoms. The van der Waals surface area contributed by atoms with Gasteiger partial charge in [0.05, 0.1) is 29.7 Å². The highest BCUT2D eigenvalue weighted by Crippen LogP contribution is 2.50. The summed E-state index contributed by atoms with van der Waals surface area (Å²) >= 11 is 3.51. The molecule has 150 valence electrons. The van der Waals surface area contributed by atoms with E-state index in [2.05, 4.69) is 15.9 Å². The molecule has 0 atom stereocenters. The largest absolute Gasteiger partial charge is 0.496 e. The van der Waals surface area contributed by atoms with Crippen molar-refractivity contribution in [3.05, 3.63) is 58.1 Å². The van der Waals surface area contributed by atoms with Gasteiger partial charge in [0, 0.05) is 11.7 Å². The first-order valence-electron chi connectivity index (χ1n) is 8.81. The molecule has 2 aromatic rings. The number of halogens is 1. The lowest BCUT2D eigenvalue weighted by molar-refractivity contribution is 0.0677. The fourth-order valence-electron chi connectivity index (χ4n) is 3.61. The molecule has 0 bridgehead atoms. The standard InChI is InChI=1S/C21H23BrO5S/c1-27-20-8-5-15(9-19(20)22)18-11-21(12-23,13-24)10-17(18)14-3-6-16(7-4-14)28(2,25)26/h3-9,23-24H,10-13H2,1-2H3. The van der Waals surface area contributed by atoms with E-state index < -0.39 is 15.3 Å². The van der Waals surface area contributed by atoms with Crippen LogP contribution in [0.25, 0.3) is 11.1 Å². The van der Waals surface area contributed by atoms with Crippen molar-refractivity contribution in [1.29, 1.82) is 0 Å². The van der Waals surface area contributed by atoms with Crippen molar-refractivity contribution in [2.45, 2.75) is 17.7 Å². The van der Waals surface area contributed by atoms with E-state index in [-0.39, 0.29) is 18.1 Å². The third kappa shape index (κ3) is 4.03. The van der Waals surface area contributed by atoms with Crippen molar-refractivity contribution in [3.8, 4) is 5.75 Å². The number of rotatable bonds is 6. The van der Waals surface area contributed by atoms with Crippen LogP contribution in [0.3, 0.4) is 0 Å². The SMILES string of the molecule is COc1ccc(C2=C(c3ccc(S(C)(=O)=O)cc3)CC(CO)(CO)C2)cc1Br. The van der Waals surface area contributed by atoms with E-state index in [0.717, 1.165) is 32.5 Å². The molecule has 2 N–H and O–H groups in total. The fraction of sp³-hybridized carbons (Fsp3) is 0.333. The van der Waals surface area contributed by atoms with Crippen molar-refractivity contribution >= 4 is 36.9 Å². The van der Waals surface area contributed by atoms with Gasteiger partial charge in [-0.05, 0) is 75.3 Å². The number of allylic oxidation sites excluding steroid dienone is 2. The van der Waals surface area contributed by atoms with Gasteiger partial charge in [-0.15, -0.1) is 0 Å². The van der Waals surface area contributed by atoms with E-state index in [9.17, 15) is 18.6 Å². The van der Waals surface area contributed by atoms with Crippen molar-refractivity contribution in [2.75, 3.05) is 26.6 Å². The molecule has 5 nitrogen and oxygen atoms in total. The number of hydrogen-bond donors (Lipinski definition) is 2. The van der Waals surface area contributed by atoms with Gasteiger partial charge in [-0.25, -0.2) is 8.42 Å². The zero-order valence-electron chi connectivity index (χ0n) is 15.8. The molecule has 1 aliphatic rings. The highest BCUT2D eigenvalue weighted by Gasteiger charge is 2.39. The minimum absolute atomic E-state index is 0.130. The van der Waals surface area contributed by atoms with Crippen molar-refractivity contribution in [2.24, 2.45) is 5.41 Å². The normalized spacial score (nSPS) is 16.5. The Balaban J connectivity index is 2.11. The molecule has 0 radical (unpaired) electrons. The Kier molecular flexibility index (Phi) is 6.00. The van der Waals surface area contributed by atoms with Crippen LogP contribution in [0.5, 0.6) is 5.75 Å². The molecule has 0 unspecified atom stereocenters. The summed E-state index contributed by atoms with van der Waals surface area (Å²) in [6, 6.07) is 12.5. The zero-order valence-corrected chi connectivity index (χ0v) is 18.2. The van der Waals surface area contributed by atoms with Crippen LogP contribution in [-0.2, 0) is 9.84 Å². The highest BCUT2D eigenvalue weighted by atomic mass is 79.9. The summed E-state index contributed by atoms with van der Waals surface area (Å²) in [6.07, 6.45) is 2.22. The average molecular weight is 467 g/mol. The van der Waals surface area contributed by atoms with Gasteiger partial charge >= 0.3 is 0 Å². The van der Waals surface area contributed by atoms with Crippen LogP contribution in [0.1, 0.15) is 24.0 Å². The van der Waals surface area contributed by atoms with E-state index in [1.807, 2.05) is 18.2 Å². The summed E-state index contributed by atoms with van der Waals surface area (Å²) in [7, 11) is -1.67. The lowest BCUT2D eigenvalue weighted by Gasteiger charge is -2.24. The Morgan fingerprint density at radius 1 is 1.00 bits per heavy atom. The summed E-state index contributed by atoms with van der Waals surface area (Å²) < 4.78 is 29.6.